The molecule has 0 aliphatic carbocycles. The molecule has 1 atom stereocenters. The number of sulfonamides is 1. The molecule has 2 N–H and O–H groups in total. The lowest BCUT2D eigenvalue weighted by atomic mass is 10.0. The first-order chi connectivity index (χ1) is 12.7. The molecule has 0 saturated heterocycles. The average Bonchev–Trinajstić information content (AvgIpc) is 2.61. The van der Waals surface area contributed by atoms with Crippen LogP contribution in [0.2, 0.25) is 0 Å². The van der Waals surface area contributed by atoms with E-state index in [0.717, 1.165) is 12.1 Å². The lowest BCUT2D eigenvalue weighted by molar-refractivity contribution is -0.118. The van der Waals surface area contributed by atoms with E-state index in [4.69, 9.17) is 4.74 Å². The first-order valence-electron chi connectivity index (χ1n) is 8.55. The molecule has 0 bridgehead atoms. The Bertz CT molecular complexity index is 883. The highest BCUT2D eigenvalue weighted by Gasteiger charge is 2.29. The van der Waals surface area contributed by atoms with Crippen molar-refractivity contribution in [3.8, 4) is 5.75 Å². The zero-order chi connectivity index (χ0) is 20.0. The zero-order valence-electron chi connectivity index (χ0n) is 15.4. The van der Waals surface area contributed by atoms with Crippen LogP contribution in [0.5, 0.6) is 5.75 Å². The predicted octanol–water partition coefficient (Wildman–Crippen LogP) is 3.17. The normalized spacial score (nSPS) is 12.6. The number of rotatable bonds is 8. The van der Waals surface area contributed by atoms with Gasteiger partial charge in [-0.1, -0.05) is 26.0 Å². The highest BCUT2D eigenvalue weighted by atomic mass is 32.2. The number of carbonyl (C=O) groups excluding carboxylic acids is 1. The van der Waals surface area contributed by atoms with Crippen LogP contribution in [0, 0.1) is 11.7 Å². The number of ether oxygens (including phenoxy) is 1. The molecular formula is C19H23FN2O4S. The molecule has 1 amide bonds. The van der Waals surface area contributed by atoms with Crippen LogP contribution in [-0.2, 0) is 14.8 Å². The van der Waals surface area contributed by atoms with Gasteiger partial charge in [0, 0.05) is 5.69 Å². The van der Waals surface area contributed by atoms with Crippen LogP contribution < -0.4 is 14.8 Å². The Kier molecular flexibility index (Phi) is 6.92. The van der Waals surface area contributed by atoms with E-state index in [9.17, 15) is 17.6 Å². The number of amides is 1. The second kappa shape index (κ2) is 8.96. The third-order valence-corrected chi connectivity index (χ3v) is 5.26. The van der Waals surface area contributed by atoms with Crippen LogP contribution in [0.1, 0.15) is 20.8 Å². The Hall–Kier alpha value is -2.45. The Morgan fingerprint density at radius 2 is 1.74 bits per heavy atom. The summed E-state index contributed by atoms with van der Waals surface area (Å²) in [5.41, 5.74) is 0.499. The van der Waals surface area contributed by atoms with Gasteiger partial charge in [0.1, 0.15) is 22.5 Å². The molecule has 8 heteroatoms. The Labute approximate surface area is 158 Å². The van der Waals surface area contributed by atoms with Gasteiger partial charge < -0.3 is 10.1 Å². The molecule has 6 nitrogen and oxygen atoms in total. The molecular weight excluding hydrogens is 371 g/mol. The van der Waals surface area contributed by atoms with Crippen LogP contribution in [0.15, 0.2) is 53.4 Å². The summed E-state index contributed by atoms with van der Waals surface area (Å²) in [7, 11) is -4.19. The lowest BCUT2D eigenvalue weighted by Crippen LogP contribution is -2.47. The van der Waals surface area contributed by atoms with E-state index >= 15 is 0 Å². The van der Waals surface area contributed by atoms with Crippen molar-refractivity contribution in [1.29, 1.82) is 0 Å². The minimum Gasteiger partial charge on any atom is -0.494 e. The topological polar surface area (TPSA) is 84.5 Å². The summed E-state index contributed by atoms with van der Waals surface area (Å²) in [6, 6.07) is 10.7. The van der Waals surface area contributed by atoms with Gasteiger partial charge in [0.15, 0.2) is 0 Å². The molecule has 0 aliphatic rings. The van der Waals surface area contributed by atoms with E-state index in [1.807, 2.05) is 6.92 Å². The fraction of sp³-hybridized carbons (Fsp3) is 0.316. The molecule has 0 aromatic heterocycles. The maximum atomic E-state index is 13.9. The van der Waals surface area contributed by atoms with Crippen molar-refractivity contribution in [3.05, 3.63) is 54.3 Å². The van der Waals surface area contributed by atoms with Crippen molar-refractivity contribution < 1.29 is 22.3 Å². The van der Waals surface area contributed by atoms with Crippen LogP contribution in [0.4, 0.5) is 10.1 Å². The molecule has 2 aromatic rings. The number of nitrogens with one attached hydrogen (secondary N) is 2. The van der Waals surface area contributed by atoms with Gasteiger partial charge in [-0.25, -0.2) is 12.8 Å². The lowest BCUT2D eigenvalue weighted by Gasteiger charge is -2.22. The zero-order valence-corrected chi connectivity index (χ0v) is 16.2. The van der Waals surface area contributed by atoms with E-state index < -0.39 is 32.7 Å². The second-order valence-corrected chi connectivity index (χ2v) is 7.90. The number of benzene rings is 2. The summed E-state index contributed by atoms with van der Waals surface area (Å²) in [5.74, 6) is -1.10. The third-order valence-electron chi connectivity index (χ3n) is 3.79. The molecule has 0 heterocycles. The van der Waals surface area contributed by atoms with Crippen molar-refractivity contribution in [1.82, 2.24) is 4.72 Å². The molecule has 27 heavy (non-hydrogen) atoms. The SMILES string of the molecule is CCOc1ccc(NC(=O)[C@H](NS(=O)(=O)c2ccccc2F)C(C)C)cc1. The van der Waals surface area contributed by atoms with E-state index in [0.29, 0.717) is 18.0 Å². The van der Waals surface area contributed by atoms with Crippen molar-refractivity contribution in [2.75, 3.05) is 11.9 Å². The van der Waals surface area contributed by atoms with Crippen LogP contribution in [0.3, 0.4) is 0 Å². The number of hydrogen-bond acceptors (Lipinski definition) is 4. The molecule has 146 valence electrons. The molecule has 0 unspecified atom stereocenters. The summed E-state index contributed by atoms with van der Waals surface area (Å²) < 4.78 is 46.5. The fourth-order valence-corrected chi connectivity index (χ4v) is 3.83. The number of halogens is 1. The van der Waals surface area contributed by atoms with Gasteiger partial charge >= 0.3 is 0 Å². The average molecular weight is 394 g/mol. The Morgan fingerprint density at radius 3 is 2.30 bits per heavy atom. The minimum atomic E-state index is -4.19. The third kappa shape index (κ3) is 5.51. The molecule has 2 rings (SSSR count). The van der Waals surface area contributed by atoms with Gasteiger partial charge in [0.2, 0.25) is 15.9 Å². The minimum absolute atomic E-state index is 0.353. The molecule has 0 radical (unpaired) electrons. The summed E-state index contributed by atoms with van der Waals surface area (Å²) in [6.45, 7) is 5.79. The van der Waals surface area contributed by atoms with Gasteiger partial charge in [-0.2, -0.15) is 4.72 Å². The monoisotopic (exact) mass is 394 g/mol. The second-order valence-electron chi connectivity index (χ2n) is 6.22. The van der Waals surface area contributed by atoms with Gasteiger partial charge in [0.05, 0.1) is 6.61 Å². The van der Waals surface area contributed by atoms with Crippen molar-refractivity contribution in [3.63, 3.8) is 0 Å². The summed E-state index contributed by atoms with van der Waals surface area (Å²) in [5, 5.41) is 2.67. The highest BCUT2D eigenvalue weighted by molar-refractivity contribution is 7.89. The summed E-state index contributed by atoms with van der Waals surface area (Å²) in [6.07, 6.45) is 0. The molecule has 0 saturated carbocycles. The summed E-state index contributed by atoms with van der Waals surface area (Å²) in [4.78, 5) is 12.1. The van der Waals surface area contributed by atoms with Crippen molar-refractivity contribution >= 4 is 21.6 Å². The first-order valence-corrected chi connectivity index (χ1v) is 10.0. The first kappa shape index (κ1) is 20.9. The van der Waals surface area contributed by atoms with Crippen molar-refractivity contribution in [2.24, 2.45) is 5.92 Å². The summed E-state index contributed by atoms with van der Waals surface area (Å²) >= 11 is 0. The molecule has 0 fully saturated rings. The quantitative estimate of drug-likeness (QED) is 0.720. The van der Waals surface area contributed by atoms with E-state index in [-0.39, 0.29) is 5.92 Å². The molecule has 2 aromatic carbocycles. The van der Waals surface area contributed by atoms with Crippen LogP contribution in [-0.4, -0.2) is 27.0 Å². The molecule has 0 aliphatic heterocycles. The molecule has 0 spiro atoms. The van der Waals surface area contributed by atoms with E-state index in [2.05, 4.69) is 10.0 Å². The standard InChI is InChI=1S/C19H23FN2O4S/c1-4-26-15-11-9-14(10-12-15)21-19(23)18(13(2)3)22-27(24,25)17-8-6-5-7-16(17)20/h5-13,18,22H,4H2,1-3H3,(H,21,23)/t18-/m1/s1. The van der Waals surface area contributed by atoms with E-state index in [1.54, 1.807) is 38.1 Å². The Morgan fingerprint density at radius 1 is 1.11 bits per heavy atom. The number of carbonyl (C=O) groups is 1. The van der Waals surface area contributed by atoms with Crippen molar-refractivity contribution in [2.45, 2.75) is 31.7 Å². The fourth-order valence-electron chi connectivity index (χ4n) is 2.41. The van der Waals surface area contributed by atoms with Crippen LogP contribution >= 0.6 is 0 Å². The van der Waals surface area contributed by atoms with Gasteiger partial charge in [-0.15, -0.1) is 0 Å². The van der Waals surface area contributed by atoms with Gasteiger partial charge in [0.25, 0.3) is 0 Å². The van der Waals surface area contributed by atoms with Crippen LogP contribution in [0.25, 0.3) is 0 Å². The predicted molar refractivity (Wildman–Crippen MR) is 102 cm³/mol. The highest BCUT2D eigenvalue weighted by Crippen LogP contribution is 2.18. The maximum absolute atomic E-state index is 13.9. The maximum Gasteiger partial charge on any atom is 0.244 e. The number of anilines is 1. The smallest absolute Gasteiger partial charge is 0.244 e. The Balaban J connectivity index is 2.16. The van der Waals surface area contributed by atoms with Gasteiger partial charge in [-0.05, 0) is 49.2 Å². The van der Waals surface area contributed by atoms with E-state index in [1.165, 1.54) is 12.1 Å². The largest absolute Gasteiger partial charge is 0.494 e. The van der Waals surface area contributed by atoms with Gasteiger partial charge in [-0.3, -0.25) is 4.79 Å². The number of hydrogen-bond donors (Lipinski definition) is 2.